The molecule has 108 valence electrons. The third-order valence-corrected chi connectivity index (χ3v) is 4.53. The van der Waals surface area contributed by atoms with Gasteiger partial charge >= 0.3 is 0 Å². The van der Waals surface area contributed by atoms with Crippen LogP contribution in [0.25, 0.3) is 0 Å². The van der Waals surface area contributed by atoms with Gasteiger partial charge in [0.1, 0.15) is 5.69 Å². The summed E-state index contributed by atoms with van der Waals surface area (Å²) in [5, 5.41) is 2.93. The van der Waals surface area contributed by atoms with Gasteiger partial charge in [0.15, 0.2) is 0 Å². The Balaban J connectivity index is 1.71. The van der Waals surface area contributed by atoms with E-state index in [2.05, 4.69) is 10.3 Å². The maximum atomic E-state index is 12.4. The minimum atomic E-state index is -0.237. The van der Waals surface area contributed by atoms with Crippen molar-refractivity contribution in [3.05, 3.63) is 18.2 Å². The molecule has 2 saturated heterocycles. The fourth-order valence-corrected chi connectivity index (χ4v) is 3.28. The highest BCUT2D eigenvalue weighted by atomic mass is 16.2. The van der Waals surface area contributed by atoms with Crippen LogP contribution in [0.4, 0.5) is 0 Å². The van der Waals surface area contributed by atoms with Gasteiger partial charge in [0.05, 0.1) is 11.7 Å². The number of amides is 2. The molecule has 0 aromatic carbocycles. The van der Waals surface area contributed by atoms with Crippen LogP contribution >= 0.6 is 0 Å². The Morgan fingerprint density at radius 3 is 2.85 bits per heavy atom. The van der Waals surface area contributed by atoms with Crippen molar-refractivity contribution in [1.29, 1.82) is 0 Å². The van der Waals surface area contributed by atoms with E-state index in [1.165, 1.54) is 0 Å². The largest absolute Gasteiger partial charge is 0.356 e. The number of rotatable bonds is 1. The molecule has 2 amide bonds. The zero-order chi connectivity index (χ0) is 14.2. The van der Waals surface area contributed by atoms with Crippen molar-refractivity contribution < 1.29 is 9.59 Å². The van der Waals surface area contributed by atoms with Crippen molar-refractivity contribution in [1.82, 2.24) is 19.8 Å². The van der Waals surface area contributed by atoms with Crippen LogP contribution in [-0.4, -0.2) is 45.9 Å². The average molecular weight is 276 g/mol. The summed E-state index contributed by atoms with van der Waals surface area (Å²) in [4.78, 5) is 30.4. The summed E-state index contributed by atoms with van der Waals surface area (Å²) in [6.45, 7) is 2.13. The van der Waals surface area contributed by atoms with Gasteiger partial charge in [-0.15, -0.1) is 0 Å². The van der Waals surface area contributed by atoms with Crippen LogP contribution in [0.3, 0.4) is 0 Å². The molecule has 1 N–H and O–H groups in total. The van der Waals surface area contributed by atoms with E-state index in [9.17, 15) is 9.59 Å². The fraction of sp³-hybridized carbons (Fsp3) is 0.643. The number of nitrogens with zero attached hydrogens (tertiary/aromatic N) is 3. The SMILES string of the molecule is Cn1cnc(C(=O)N2CCCC3(CCNC3=O)CC2)c1. The first-order valence-electron chi connectivity index (χ1n) is 7.16. The molecule has 0 aliphatic carbocycles. The van der Waals surface area contributed by atoms with E-state index in [1.54, 1.807) is 17.1 Å². The smallest absolute Gasteiger partial charge is 0.274 e. The van der Waals surface area contributed by atoms with Crippen LogP contribution in [-0.2, 0) is 11.8 Å². The zero-order valence-corrected chi connectivity index (χ0v) is 11.8. The summed E-state index contributed by atoms with van der Waals surface area (Å²) in [5.41, 5.74) is 0.249. The lowest BCUT2D eigenvalue weighted by molar-refractivity contribution is -0.128. The molecule has 2 fully saturated rings. The quantitative estimate of drug-likeness (QED) is 0.814. The van der Waals surface area contributed by atoms with Crippen LogP contribution in [0.1, 0.15) is 36.2 Å². The van der Waals surface area contributed by atoms with E-state index in [0.29, 0.717) is 18.8 Å². The first kappa shape index (κ1) is 13.1. The summed E-state index contributed by atoms with van der Waals surface area (Å²) in [6.07, 6.45) is 6.80. The number of carbonyl (C=O) groups is 2. The minimum absolute atomic E-state index is 0.0268. The molecule has 1 aromatic rings. The third-order valence-electron chi connectivity index (χ3n) is 4.53. The summed E-state index contributed by atoms with van der Waals surface area (Å²) < 4.78 is 1.77. The summed E-state index contributed by atoms with van der Waals surface area (Å²) in [7, 11) is 1.85. The van der Waals surface area contributed by atoms with Gasteiger partial charge in [0.25, 0.3) is 5.91 Å². The number of nitrogens with one attached hydrogen (secondary N) is 1. The molecule has 2 aliphatic heterocycles. The number of aromatic nitrogens is 2. The van der Waals surface area contributed by atoms with Crippen molar-refractivity contribution in [2.75, 3.05) is 19.6 Å². The van der Waals surface area contributed by atoms with E-state index >= 15 is 0 Å². The molecule has 1 atom stereocenters. The lowest BCUT2D eigenvalue weighted by Crippen LogP contribution is -2.35. The number of aryl methyl sites for hydroxylation is 1. The molecule has 3 heterocycles. The van der Waals surface area contributed by atoms with Crippen molar-refractivity contribution in [2.24, 2.45) is 12.5 Å². The maximum absolute atomic E-state index is 12.4. The fourth-order valence-electron chi connectivity index (χ4n) is 3.28. The summed E-state index contributed by atoms with van der Waals surface area (Å²) >= 11 is 0. The molecular weight excluding hydrogens is 256 g/mol. The number of imidazole rings is 1. The number of likely N-dealkylation sites (tertiary alicyclic amines) is 1. The molecule has 0 radical (unpaired) electrons. The van der Waals surface area contributed by atoms with Gasteiger partial charge in [-0.2, -0.15) is 0 Å². The second kappa shape index (κ2) is 4.92. The molecule has 6 nitrogen and oxygen atoms in total. The first-order valence-corrected chi connectivity index (χ1v) is 7.16. The highest BCUT2D eigenvalue weighted by Gasteiger charge is 2.43. The normalized spacial score (nSPS) is 26.6. The number of hydrogen-bond acceptors (Lipinski definition) is 3. The summed E-state index contributed by atoms with van der Waals surface area (Å²) in [5.74, 6) is 0.144. The Kier molecular flexibility index (Phi) is 3.23. The van der Waals surface area contributed by atoms with Crippen LogP contribution in [0.5, 0.6) is 0 Å². The maximum Gasteiger partial charge on any atom is 0.274 e. The molecule has 20 heavy (non-hydrogen) atoms. The standard InChI is InChI=1S/C14H20N4O2/c1-17-9-11(16-10-17)12(19)18-7-2-3-14(5-8-18)4-6-15-13(14)20/h9-10H,2-8H2,1H3,(H,15,20). The van der Waals surface area contributed by atoms with Gasteiger partial charge in [-0.05, 0) is 25.7 Å². The Labute approximate surface area is 118 Å². The van der Waals surface area contributed by atoms with E-state index < -0.39 is 0 Å². The van der Waals surface area contributed by atoms with Crippen molar-refractivity contribution in [3.8, 4) is 0 Å². The lowest BCUT2D eigenvalue weighted by Gasteiger charge is -2.24. The highest BCUT2D eigenvalue weighted by Crippen LogP contribution is 2.38. The highest BCUT2D eigenvalue weighted by molar-refractivity contribution is 5.92. The minimum Gasteiger partial charge on any atom is -0.356 e. The second-order valence-electron chi connectivity index (χ2n) is 5.86. The average Bonchev–Trinajstić information content (AvgIpc) is 2.93. The lowest BCUT2D eigenvalue weighted by atomic mass is 9.79. The van der Waals surface area contributed by atoms with Gasteiger partial charge in [-0.25, -0.2) is 4.98 Å². The second-order valence-corrected chi connectivity index (χ2v) is 5.86. The molecule has 2 aliphatic rings. The van der Waals surface area contributed by atoms with Crippen LogP contribution in [0, 0.1) is 5.41 Å². The molecule has 6 heteroatoms. The van der Waals surface area contributed by atoms with E-state index in [0.717, 1.165) is 32.2 Å². The third kappa shape index (κ3) is 2.19. The van der Waals surface area contributed by atoms with Gasteiger partial charge in [0, 0.05) is 32.9 Å². The van der Waals surface area contributed by atoms with E-state index in [4.69, 9.17) is 0 Å². The van der Waals surface area contributed by atoms with Crippen LogP contribution < -0.4 is 5.32 Å². The molecule has 1 spiro atoms. The Bertz CT molecular complexity index is 539. The van der Waals surface area contributed by atoms with E-state index in [-0.39, 0.29) is 17.2 Å². The molecule has 3 rings (SSSR count). The predicted molar refractivity (Wildman–Crippen MR) is 73.0 cm³/mol. The molecule has 0 bridgehead atoms. The van der Waals surface area contributed by atoms with Crippen molar-refractivity contribution in [2.45, 2.75) is 25.7 Å². The monoisotopic (exact) mass is 276 g/mol. The zero-order valence-electron chi connectivity index (χ0n) is 11.8. The van der Waals surface area contributed by atoms with Gasteiger partial charge < -0.3 is 14.8 Å². The van der Waals surface area contributed by atoms with Crippen LogP contribution in [0.15, 0.2) is 12.5 Å². The topological polar surface area (TPSA) is 67.2 Å². The first-order chi connectivity index (χ1) is 9.61. The van der Waals surface area contributed by atoms with Crippen LogP contribution in [0.2, 0.25) is 0 Å². The van der Waals surface area contributed by atoms with Gasteiger partial charge in [-0.1, -0.05) is 0 Å². The van der Waals surface area contributed by atoms with E-state index in [1.807, 2.05) is 11.9 Å². The number of carbonyl (C=O) groups excluding carboxylic acids is 2. The Morgan fingerprint density at radius 2 is 2.20 bits per heavy atom. The Morgan fingerprint density at radius 1 is 1.35 bits per heavy atom. The predicted octanol–water partition coefficient (Wildman–Crippen LogP) is 0.552. The molecule has 1 aromatic heterocycles. The Hall–Kier alpha value is -1.85. The van der Waals surface area contributed by atoms with Gasteiger partial charge in [0.2, 0.25) is 5.91 Å². The number of hydrogen-bond donors (Lipinski definition) is 1. The molecule has 0 saturated carbocycles. The van der Waals surface area contributed by atoms with Crippen molar-refractivity contribution >= 4 is 11.8 Å². The molecular formula is C14H20N4O2. The van der Waals surface area contributed by atoms with Crippen molar-refractivity contribution in [3.63, 3.8) is 0 Å². The van der Waals surface area contributed by atoms with Gasteiger partial charge in [-0.3, -0.25) is 9.59 Å². The molecule has 1 unspecified atom stereocenters. The summed E-state index contributed by atoms with van der Waals surface area (Å²) in [6, 6.07) is 0.